The molecule has 0 bridgehead atoms. The normalized spacial score (nSPS) is 23.6. The maximum atomic E-state index is 13.1. The summed E-state index contributed by atoms with van der Waals surface area (Å²) in [5.41, 5.74) is 3.37. The van der Waals surface area contributed by atoms with Gasteiger partial charge in [0.1, 0.15) is 11.9 Å². The zero-order chi connectivity index (χ0) is 16.7. The maximum Gasteiger partial charge on any atom is 0.246 e. The fraction of sp³-hybridized carbons (Fsp3) is 0.350. The molecular formula is C20H22N2O2. The first-order chi connectivity index (χ1) is 11.7. The van der Waals surface area contributed by atoms with Crippen molar-refractivity contribution in [2.75, 3.05) is 18.6 Å². The molecule has 0 N–H and O–H groups in total. The molecule has 0 spiro atoms. The first kappa shape index (κ1) is 15.2. The van der Waals surface area contributed by atoms with Gasteiger partial charge in [0.15, 0.2) is 0 Å². The van der Waals surface area contributed by atoms with Gasteiger partial charge in [0.2, 0.25) is 5.91 Å². The largest absolute Gasteiger partial charge is 0.497 e. The minimum Gasteiger partial charge on any atom is -0.497 e. The molecule has 124 valence electrons. The predicted octanol–water partition coefficient (Wildman–Crippen LogP) is 3.51. The van der Waals surface area contributed by atoms with Crippen LogP contribution in [0.3, 0.4) is 0 Å². The van der Waals surface area contributed by atoms with Crippen LogP contribution in [0.25, 0.3) is 0 Å². The van der Waals surface area contributed by atoms with E-state index in [4.69, 9.17) is 4.74 Å². The fourth-order valence-corrected chi connectivity index (χ4v) is 3.98. The van der Waals surface area contributed by atoms with E-state index >= 15 is 0 Å². The number of benzene rings is 2. The van der Waals surface area contributed by atoms with Crippen molar-refractivity contribution in [3.05, 3.63) is 59.7 Å². The molecule has 24 heavy (non-hydrogen) atoms. The molecule has 2 aromatic carbocycles. The summed E-state index contributed by atoms with van der Waals surface area (Å²) in [4.78, 5) is 17.4. The molecule has 2 atom stereocenters. The van der Waals surface area contributed by atoms with Gasteiger partial charge >= 0.3 is 0 Å². The topological polar surface area (TPSA) is 32.8 Å². The predicted molar refractivity (Wildman–Crippen MR) is 94.1 cm³/mol. The molecule has 0 aromatic heterocycles. The number of carbonyl (C=O) groups excluding carboxylic acids is 1. The summed E-state index contributed by atoms with van der Waals surface area (Å²) in [7, 11) is 1.66. The van der Waals surface area contributed by atoms with Crippen LogP contribution >= 0.6 is 0 Å². The number of anilines is 1. The molecule has 2 saturated heterocycles. The highest BCUT2D eigenvalue weighted by molar-refractivity contribution is 6.00. The summed E-state index contributed by atoms with van der Waals surface area (Å²) in [6.45, 7) is 3.09. The van der Waals surface area contributed by atoms with E-state index in [0.29, 0.717) is 0 Å². The molecule has 2 aliphatic rings. The summed E-state index contributed by atoms with van der Waals surface area (Å²) >= 11 is 0. The first-order valence-corrected chi connectivity index (χ1v) is 8.49. The van der Waals surface area contributed by atoms with Crippen LogP contribution in [0.1, 0.15) is 30.1 Å². The minimum atomic E-state index is -0.0143. The van der Waals surface area contributed by atoms with Crippen molar-refractivity contribution in [3.8, 4) is 5.75 Å². The van der Waals surface area contributed by atoms with E-state index in [9.17, 15) is 4.79 Å². The van der Waals surface area contributed by atoms with Gasteiger partial charge in [-0.05, 0) is 55.2 Å². The van der Waals surface area contributed by atoms with Crippen LogP contribution in [0.2, 0.25) is 0 Å². The maximum absolute atomic E-state index is 13.1. The molecule has 2 unspecified atom stereocenters. The Labute approximate surface area is 142 Å². The summed E-state index contributed by atoms with van der Waals surface area (Å²) in [5.74, 6) is 1.02. The van der Waals surface area contributed by atoms with E-state index in [-0.39, 0.29) is 18.1 Å². The minimum absolute atomic E-state index is 0.0108. The molecule has 2 fully saturated rings. The van der Waals surface area contributed by atoms with Crippen molar-refractivity contribution in [1.82, 2.24) is 4.90 Å². The van der Waals surface area contributed by atoms with Crippen LogP contribution < -0.4 is 9.64 Å². The number of nitrogens with zero attached hydrogens (tertiary/aromatic N) is 2. The second-order valence-electron chi connectivity index (χ2n) is 6.53. The molecule has 0 saturated carbocycles. The molecule has 4 heteroatoms. The van der Waals surface area contributed by atoms with Crippen LogP contribution in [-0.4, -0.2) is 30.5 Å². The fourth-order valence-electron chi connectivity index (χ4n) is 3.98. The highest BCUT2D eigenvalue weighted by Gasteiger charge is 2.49. The van der Waals surface area contributed by atoms with Crippen LogP contribution in [0, 0.1) is 6.92 Å². The van der Waals surface area contributed by atoms with Gasteiger partial charge in [-0.25, -0.2) is 0 Å². The Kier molecular flexibility index (Phi) is 3.77. The van der Waals surface area contributed by atoms with Gasteiger partial charge in [0.25, 0.3) is 0 Å². The number of ether oxygens (including phenoxy) is 1. The SMILES string of the molecule is COc1ccc(N2C(=O)C3CCCN3C2c2ccccc2C)cc1. The van der Waals surface area contributed by atoms with Gasteiger partial charge in [-0.15, -0.1) is 0 Å². The zero-order valence-electron chi connectivity index (χ0n) is 14.1. The number of methoxy groups -OCH3 is 1. The summed E-state index contributed by atoms with van der Waals surface area (Å²) in [6, 6.07) is 16.2. The smallest absolute Gasteiger partial charge is 0.246 e. The molecule has 2 aromatic rings. The van der Waals surface area contributed by atoms with Crippen LogP contribution in [0.5, 0.6) is 5.75 Å². The van der Waals surface area contributed by atoms with Gasteiger partial charge in [0, 0.05) is 12.2 Å². The van der Waals surface area contributed by atoms with Crippen molar-refractivity contribution in [3.63, 3.8) is 0 Å². The highest BCUT2D eigenvalue weighted by Crippen LogP contribution is 2.43. The van der Waals surface area contributed by atoms with Crippen molar-refractivity contribution in [2.45, 2.75) is 32.0 Å². The second-order valence-corrected chi connectivity index (χ2v) is 6.53. The van der Waals surface area contributed by atoms with Crippen LogP contribution in [0.4, 0.5) is 5.69 Å². The Morgan fingerprint density at radius 1 is 1.08 bits per heavy atom. The molecule has 4 rings (SSSR count). The molecule has 1 amide bonds. The van der Waals surface area contributed by atoms with E-state index in [2.05, 4.69) is 36.1 Å². The van der Waals surface area contributed by atoms with Gasteiger partial charge < -0.3 is 4.74 Å². The lowest BCUT2D eigenvalue weighted by atomic mass is 10.0. The number of fused-ring (bicyclic) bond motifs is 1. The van der Waals surface area contributed by atoms with E-state index < -0.39 is 0 Å². The zero-order valence-corrected chi connectivity index (χ0v) is 14.1. The van der Waals surface area contributed by atoms with Crippen molar-refractivity contribution in [2.24, 2.45) is 0 Å². The van der Waals surface area contributed by atoms with Gasteiger partial charge in [-0.2, -0.15) is 0 Å². The third-order valence-electron chi connectivity index (χ3n) is 5.19. The average molecular weight is 322 g/mol. The highest BCUT2D eigenvalue weighted by atomic mass is 16.5. The lowest BCUT2D eigenvalue weighted by Gasteiger charge is -2.31. The quantitative estimate of drug-likeness (QED) is 0.867. The third kappa shape index (κ3) is 2.29. The number of amides is 1. The molecule has 0 radical (unpaired) electrons. The second kappa shape index (κ2) is 5.95. The van der Waals surface area contributed by atoms with Gasteiger partial charge in [-0.1, -0.05) is 24.3 Å². The average Bonchev–Trinajstić information content (AvgIpc) is 3.18. The van der Waals surface area contributed by atoms with Crippen molar-refractivity contribution in [1.29, 1.82) is 0 Å². The molecule has 0 aliphatic carbocycles. The number of rotatable bonds is 3. The van der Waals surface area contributed by atoms with Gasteiger partial charge in [0.05, 0.1) is 13.2 Å². The lowest BCUT2D eigenvalue weighted by molar-refractivity contribution is -0.119. The number of aryl methyl sites for hydroxylation is 1. The Hall–Kier alpha value is -2.33. The van der Waals surface area contributed by atoms with Gasteiger partial charge in [-0.3, -0.25) is 14.6 Å². The Morgan fingerprint density at radius 3 is 2.54 bits per heavy atom. The van der Waals surface area contributed by atoms with E-state index in [0.717, 1.165) is 30.8 Å². The third-order valence-corrected chi connectivity index (χ3v) is 5.19. The molecular weight excluding hydrogens is 300 g/mol. The number of carbonyl (C=O) groups is 1. The van der Waals surface area contributed by atoms with E-state index in [1.54, 1.807) is 7.11 Å². The van der Waals surface area contributed by atoms with Crippen LogP contribution in [-0.2, 0) is 4.79 Å². The van der Waals surface area contributed by atoms with E-state index in [1.807, 2.05) is 29.2 Å². The summed E-state index contributed by atoms with van der Waals surface area (Å²) in [6.07, 6.45) is 2.03. The first-order valence-electron chi connectivity index (χ1n) is 8.49. The Morgan fingerprint density at radius 2 is 1.83 bits per heavy atom. The van der Waals surface area contributed by atoms with Crippen molar-refractivity contribution < 1.29 is 9.53 Å². The molecule has 2 heterocycles. The number of hydrogen-bond acceptors (Lipinski definition) is 3. The van der Waals surface area contributed by atoms with Crippen LogP contribution in [0.15, 0.2) is 48.5 Å². The summed E-state index contributed by atoms with van der Waals surface area (Å²) in [5, 5.41) is 0. The summed E-state index contributed by atoms with van der Waals surface area (Å²) < 4.78 is 5.25. The monoisotopic (exact) mass is 322 g/mol. The van der Waals surface area contributed by atoms with Crippen molar-refractivity contribution >= 4 is 11.6 Å². The Bertz CT molecular complexity index is 756. The number of hydrogen-bond donors (Lipinski definition) is 0. The van der Waals surface area contributed by atoms with E-state index in [1.165, 1.54) is 11.1 Å². The standard InChI is InChI=1S/C20H22N2O2/c1-14-6-3-4-7-17(14)19-21-13-5-8-18(21)20(23)22(19)15-9-11-16(24-2)12-10-15/h3-4,6-7,9-12,18-19H,5,8,13H2,1-2H3. The molecule has 4 nitrogen and oxygen atoms in total. The Balaban J connectivity index is 1.80. The molecule has 2 aliphatic heterocycles. The lowest BCUT2D eigenvalue weighted by Crippen LogP contribution is -2.32.